The van der Waals surface area contributed by atoms with Crippen LogP contribution in [0.1, 0.15) is 24.8 Å². The third-order valence-electron chi connectivity index (χ3n) is 4.69. The van der Waals surface area contributed by atoms with Gasteiger partial charge in [0, 0.05) is 31.0 Å². The quantitative estimate of drug-likeness (QED) is 0.443. The van der Waals surface area contributed by atoms with Gasteiger partial charge in [-0.1, -0.05) is 6.07 Å². The van der Waals surface area contributed by atoms with Gasteiger partial charge in [0.25, 0.3) is 5.91 Å². The van der Waals surface area contributed by atoms with Gasteiger partial charge in [-0.15, -0.1) is 0 Å². The van der Waals surface area contributed by atoms with Gasteiger partial charge in [-0.3, -0.25) is 14.9 Å². The van der Waals surface area contributed by atoms with Crippen LogP contribution in [-0.4, -0.2) is 39.2 Å². The van der Waals surface area contributed by atoms with Crippen molar-refractivity contribution in [1.82, 2.24) is 20.1 Å². The monoisotopic (exact) mass is 356 g/mol. The maximum Gasteiger partial charge on any atom is 0.322 e. The van der Waals surface area contributed by atoms with Crippen molar-refractivity contribution in [2.24, 2.45) is 12.9 Å². The highest BCUT2D eigenvalue weighted by molar-refractivity contribution is 5.94. The van der Waals surface area contributed by atoms with Gasteiger partial charge in [0.05, 0.1) is 5.69 Å². The average Bonchev–Trinajstić information content (AvgIpc) is 3.08. The van der Waals surface area contributed by atoms with Gasteiger partial charge in [-0.2, -0.15) is 5.10 Å². The maximum atomic E-state index is 12.7. The highest BCUT2D eigenvalue weighted by atomic mass is 16.2. The number of hydrazine groups is 1. The molecule has 1 saturated heterocycles. The summed E-state index contributed by atoms with van der Waals surface area (Å²) in [6, 6.07) is 6.79. The number of nitrogens with one attached hydrogen (secondary N) is 2. The fraction of sp³-hybridized carbons (Fsp3) is 0.389. The number of nitrogens with two attached hydrogens (primary N) is 1. The van der Waals surface area contributed by atoms with Gasteiger partial charge in [0.1, 0.15) is 6.04 Å². The van der Waals surface area contributed by atoms with Crippen LogP contribution in [0.4, 0.5) is 10.5 Å². The second kappa shape index (κ2) is 7.57. The van der Waals surface area contributed by atoms with Crippen LogP contribution in [0.3, 0.4) is 0 Å². The number of piperidine rings is 1. The number of amides is 3. The Balaban J connectivity index is 1.79. The molecule has 3 rings (SSSR count). The normalized spacial score (nSPS) is 17.0. The molecule has 2 heterocycles. The predicted molar refractivity (Wildman–Crippen MR) is 99.1 cm³/mol. The average molecular weight is 356 g/mol. The van der Waals surface area contributed by atoms with Crippen LogP contribution in [0.25, 0.3) is 11.3 Å². The molecular weight excluding hydrogens is 332 g/mol. The minimum absolute atomic E-state index is 0.297. The minimum atomic E-state index is -0.533. The lowest BCUT2D eigenvalue weighted by molar-refractivity contribution is -0.126. The number of hydrogen-bond acceptors (Lipinski definition) is 4. The summed E-state index contributed by atoms with van der Waals surface area (Å²) >= 11 is 0. The molecule has 3 amide bonds. The first-order valence-corrected chi connectivity index (χ1v) is 8.68. The number of carbonyl (C=O) groups excluding carboxylic acids is 2. The topological polar surface area (TPSA) is 105 Å². The number of carbonyl (C=O) groups is 2. The first-order valence-electron chi connectivity index (χ1n) is 8.68. The number of urea groups is 1. The molecule has 1 aliphatic rings. The van der Waals surface area contributed by atoms with E-state index in [-0.39, 0.29) is 11.9 Å². The van der Waals surface area contributed by atoms with Crippen molar-refractivity contribution in [3.05, 3.63) is 36.0 Å². The Kier molecular flexibility index (Phi) is 5.22. The molecule has 0 saturated carbocycles. The second-order valence-electron chi connectivity index (χ2n) is 6.55. The van der Waals surface area contributed by atoms with E-state index in [1.165, 1.54) is 0 Å². The zero-order chi connectivity index (χ0) is 18.7. The molecule has 0 radical (unpaired) electrons. The molecule has 8 heteroatoms. The predicted octanol–water partition coefficient (Wildman–Crippen LogP) is 1.77. The van der Waals surface area contributed by atoms with Crippen molar-refractivity contribution >= 4 is 17.6 Å². The number of likely N-dealkylation sites (tertiary alicyclic amines) is 1. The lowest BCUT2D eigenvalue weighted by Gasteiger charge is -2.34. The van der Waals surface area contributed by atoms with E-state index in [2.05, 4.69) is 15.8 Å². The molecule has 0 aliphatic carbocycles. The summed E-state index contributed by atoms with van der Waals surface area (Å²) in [5.74, 6) is 4.92. The van der Waals surface area contributed by atoms with Crippen LogP contribution < -0.4 is 16.6 Å². The van der Waals surface area contributed by atoms with Gasteiger partial charge < -0.3 is 10.2 Å². The smallest absolute Gasteiger partial charge is 0.312 e. The van der Waals surface area contributed by atoms with Crippen LogP contribution in [0.15, 0.2) is 30.5 Å². The Morgan fingerprint density at radius 1 is 1.27 bits per heavy atom. The molecule has 1 unspecified atom stereocenters. The van der Waals surface area contributed by atoms with E-state index in [0.29, 0.717) is 18.7 Å². The Morgan fingerprint density at radius 2 is 2.08 bits per heavy atom. The summed E-state index contributed by atoms with van der Waals surface area (Å²) in [4.78, 5) is 26.2. The molecule has 1 fully saturated rings. The van der Waals surface area contributed by atoms with E-state index in [1.807, 2.05) is 44.4 Å². The van der Waals surface area contributed by atoms with Gasteiger partial charge in [-0.25, -0.2) is 10.6 Å². The van der Waals surface area contributed by atoms with Crippen molar-refractivity contribution in [3.8, 4) is 11.3 Å². The van der Waals surface area contributed by atoms with Crippen molar-refractivity contribution in [1.29, 1.82) is 0 Å². The SMILES string of the molecule is Cc1ccc(NC(=O)N2CCCCC2C(=O)NN)cc1-c1ccn(C)n1. The summed E-state index contributed by atoms with van der Waals surface area (Å²) in [7, 11) is 1.86. The molecule has 1 aromatic heterocycles. The van der Waals surface area contributed by atoms with Crippen LogP contribution in [0, 0.1) is 6.92 Å². The zero-order valence-electron chi connectivity index (χ0n) is 15.0. The summed E-state index contributed by atoms with van der Waals surface area (Å²) in [6.45, 7) is 2.53. The first kappa shape index (κ1) is 17.9. The van der Waals surface area contributed by atoms with Crippen LogP contribution in [0.2, 0.25) is 0 Å². The maximum absolute atomic E-state index is 12.7. The van der Waals surface area contributed by atoms with Crippen LogP contribution in [-0.2, 0) is 11.8 Å². The fourth-order valence-corrected chi connectivity index (χ4v) is 3.27. The lowest BCUT2D eigenvalue weighted by Crippen LogP contribution is -2.54. The number of aryl methyl sites for hydroxylation is 2. The molecule has 4 N–H and O–H groups in total. The van der Waals surface area contributed by atoms with Crippen LogP contribution >= 0.6 is 0 Å². The largest absolute Gasteiger partial charge is 0.322 e. The van der Waals surface area contributed by atoms with Gasteiger partial charge in [-0.05, 0) is 49.9 Å². The van der Waals surface area contributed by atoms with E-state index in [0.717, 1.165) is 29.7 Å². The summed E-state index contributed by atoms with van der Waals surface area (Å²) < 4.78 is 1.74. The molecule has 0 bridgehead atoms. The number of rotatable bonds is 3. The molecule has 1 aliphatic heterocycles. The van der Waals surface area contributed by atoms with Crippen molar-refractivity contribution < 1.29 is 9.59 Å². The van der Waals surface area contributed by atoms with E-state index in [4.69, 9.17) is 5.84 Å². The molecule has 1 atom stereocenters. The molecule has 8 nitrogen and oxygen atoms in total. The fourth-order valence-electron chi connectivity index (χ4n) is 3.27. The van der Waals surface area contributed by atoms with Crippen molar-refractivity contribution in [3.63, 3.8) is 0 Å². The van der Waals surface area contributed by atoms with Crippen molar-refractivity contribution in [2.75, 3.05) is 11.9 Å². The minimum Gasteiger partial charge on any atom is -0.312 e. The van der Waals surface area contributed by atoms with Gasteiger partial charge in [0.15, 0.2) is 0 Å². The van der Waals surface area contributed by atoms with Gasteiger partial charge in [0.2, 0.25) is 0 Å². The molecule has 2 aromatic rings. The number of anilines is 1. The zero-order valence-corrected chi connectivity index (χ0v) is 15.0. The van der Waals surface area contributed by atoms with Crippen LogP contribution in [0.5, 0.6) is 0 Å². The van der Waals surface area contributed by atoms with E-state index in [1.54, 1.807) is 9.58 Å². The number of benzene rings is 1. The molecule has 26 heavy (non-hydrogen) atoms. The standard InChI is InChI=1S/C18H24N6O2/c1-12-6-7-13(11-14(12)15-8-10-23(2)22-15)20-18(26)24-9-4-3-5-16(24)17(25)21-19/h6-8,10-11,16H,3-5,9,19H2,1-2H3,(H,20,26)(H,21,25). The third-order valence-corrected chi connectivity index (χ3v) is 4.69. The van der Waals surface area contributed by atoms with E-state index >= 15 is 0 Å². The first-order chi connectivity index (χ1) is 12.5. The Labute approximate surface area is 152 Å². The Hall–Kier alpha value is -2.87. The molecule has 1 aromatic carbocycles. The molecule has 138 valence electrons. The van der Waals surface area contributed by atoms with E-state index < -0.39 is 6.04 Å². The van der Waals surface area contributed by atoms with E-state index in [9.17, 15) is 9.59 Å². The number of aromatic nitrogens is 2. The second-order valence-corrected chi connectivity index (χ2v) is 6.55. The number of hydrogen-bond donors (Lipinski definition) is 3. The third kappa shape index (κ3) is 3.70. The van der Waals surface area contributed by atoms with Gasteiger partial charge >= 0.3 is 6.03 Å². The lowest BCUT2D eigenvalue weighted by atomic mass is 10.0. The molecular formula is C18H24N6O2. The number of nitrogens with zero attached hydrogens (tertiary/aromatic N) is 3. The summed E-state index contributed by atoms with van der Waals surface area (Å²) in [6.07, 6.45) is 4.26. The highest BCUT2D eigenvalue weighted by Crippen LogP contribution is 2.26. The molecule has 0 spiro atoms. The summed E-state index contributed by atoms with van der Waals surface area (Å²) in [5, 5.41) is 7.32. The Morgan fingerprint density at radius 3 is 2.77 bits per heavy atom. The Bertz CT molecular complexity index is 816. The highest BCUT2D eigenvalue weighted by Gasteiger charge is 2.31. The van der Waals surface area contributed by atoms with Crippen molar-refractivity contribution in [2.45, 2.75) is 32.2 Å². The summed E-state index contributed by atoms with van der Waals surface area (Å²) in [5.41, 5.74) is 5.69.